The molecule has 0 unspecified atom stereocenters. The van der Waals surface area contributed by atoms with E-state index in [1.807, 2.05) is 29.3 Å². The Balaban J connectivity index is 1.92. The smallest absolute Gasteiger partial charge is 0.337 e. The monoisotopic (exact) mass is 425 g/mol. The Hall–Kier alpha value is -3.09. The summed E-state index contributed by atoms with van der Waals surface area (Å²) >= 11 is 5.82. The molecule has 0 saturated heterocycles. The number of ether oxygens (including phenoxy) is 1. The number of aliphatic imine (C=N–C) groups is 1. The summed E-state index contributed by atoms with van der Waals surface area (Å²) in [5.74, 6) is -0.00776. The molecule has 0 fully saturated rings. The summed E-state index contributed by atoms with van der Waals surface area (Å²) < 4.78 is 6.43. The molecule has 148 valence electrons. The number of thiazole rings is 1. The minimum atomic E-state index is -0.406. The maximum atomic E-state index is 11.6. The summed E-state index contributed by atoms with van der Waals surface area (Å²) in [6.07, 6.45) is 2.72. The lowest BCUT2D eigenvalue weighted by Crippen LogP contribution is -2.37. The lowest BCUT2D eigenvalue weighted by molar-refractivity contribution is 0.0601. The van der Waals surface area contributed by atoms with Gasteiger partial charge in [-0.05, 0) is 48.9 Å². The zero-order valence-corrected chi connectivity index (χ0v) is 17.6. The van der Waals surface area contributed by atoms with Crippen molar-refractivity contribution in [3.8, 4) is 6.19 Å². The number of aromatic nitrogens is 1. The second-order valence-electron chi connectivity index (χ2n) is 6.03. The molecular formula is C20H19N5O2S2. The second-order valence-corrected chi connectivity index (χ2v) is 7.79. The number of benzene rings is 2. The number of nitrogens with one attached hydrogen (secondary N) is 1. The van der Waals surface area contributed by atoms with Crippen molar-refractivity contribution >= 4 is 57.5 Å². The molecule has 7 nitrogen and oxygen atoms in total. The third kappa shape index (κ3) is 4.85. The normalized spacial score (nSPS) is 11.2. The number of rotatable bonds is 5. The molecule has 2 aromatic carbocycles. The predicted octanol–water partition coefficient (Wildman–Crippen LogP) is 4.54. The number of fused-ring (bicyclic) bond motifs is 1. The van der Waals surface area contributed by atoms with Crippen LogP contribution in [0.15, 0.2) is 51.8 Å². The Kier molecular flexibility index (Phi) is 6.69. The zero-order valence-electron chi connectivity index (χ0n) is 15.9. The summed E-state index contributed by atoms with van der Waals surface area (Å²) in [4.78, 5) is 21.9. The van der Waals surface area contributed by atoms with Crippen LogP contribution < -0.4 is 10.2 Å². The van der Waals surface area contributed by atoms with Gasteiger partial charge in [0.25, 0.3) is 0 Å². The SMILES string of the molecule is CCCN(/C(=N/C#N)Nc1ccc(C(=O)OC)cc1)c1ccc2nc(S)sc2c1. The molecule has 0 saturated carbocycles. The number of hydrogen-bond donors (Lipinski definition) is 2. The summed E-state index contributed by atoms with van der Waals surface area (Å²) in [5.41, 5.74) is 2.92. The van der Waals surface area contributed by atoms with Crippen LogP contribution in [0.25, 0.3) is 10.2 Å². The fourth-order valence-corrected chi connectivity index (χ4v) is 3.93. The molecule has 1 heterocycles. The highest BCUT2D eigenvalue weighted by Crippen LogP contribution is 2.29. The van der Waals surface area contributed by atoms with Crippen molar-refractivity contribution in [2.24, 2.45) is 4.99 Å². The van der Waals surface area contributed by atoms with Crippen molar-refractivity contribution in [1.29, 1.82) is 5.26 Å². The van der Waals surface area contributed by atoms with Crippen LogP contribution in [0.3, 0.4) is 0 Å². The molecule has 1 N–H and O–H groups in total. The van der Waals surface area contributed by atoms with E-state index in [-0.39, 0.29) is 0 Å². The minimum Gasteiger partial charge on any atom is -0.465 e. The van der Waals surface area contributed by atoms with Gasteiger partial charge in [0.2, 0.25) is 12.2 Å². The van der Waals surface area contributed by atoms with Gasteiger partial charge in [-0.25, -0.2) is 9.78 Å². The Labute approximate surface area is 178 Å². The van der Waals surface area contributed by atoms with E-state index in [1.54, 1.807) is 24.3 Å². The minimum absolute atomic E-state index is 0.398. The summed E-state index contributed by atoms with van der Waals surface area (Å²) in [7, 11) is 1.34. The van der Waals surface area contributed by atoms with E-state index in [2.05, 4.69) is 34.8 Å². The highest BCUT2D eigenvalue weighted by atomic mass is 32.2. The van der Waals surface area contributed by atoms with E-state index in [0.29, 0.717) is 28.1 Å². The Morgan fingerprint density at radius 2 is 2.10 bits per heavy atom. The number of thiol groups is 1. The van der Waals surface area contributed by atoms with Gasteiger partial charge in [0.1, 0.15) is 4.34 Å². The molecule has 0 bridgehead atoms. The highest BCUT2D eigenvalue weighted by molar-refractivity contribution is 7.82. The number of nitrogens with zero attached hydrogens (tertiary/aromatic N) is 4. The van der Waals surface area contributed by atoms with Gasteiger partial charge >= 0.3 is 5.97 Å². The molecular weight excluding hydrogens is 406 g/mol. The van der Waals surface area contributed by atoms with Crippen LogP contribution >= 0.6 is 24.0 Å². The van der Waals surface area contributed by atoms with Gasteiger partial charge in [0, 0.05) is 17.9 Å². The number of methoxy groups -OCH3 is 1. The topological polar surface area (TPSA) is 90.6 Å². The van der Waals surface area contributed by atoms with Crippen LogP contribution in [-0.2, 0) is 4.74 Å². The zero-order chi connectivity index (χ0) is 20.8. The average Bonchev–Trinajstić information content (AvgIpc) is 3.11. The molecule has 0 spiro atoms. The first-order chi connectivity index (χ1) is 14.0. The number of esters is 1. The van der Waals surface area contributed by atoms with E-state index in [0.717, 1.165) is 22.3 Å². The summed E-state index contributed by atoms with van der Waals surface area (Å²) in [6, 6.07) is 12.7. The molecule has 0 radical (unpaired) electrons. The van der Waals surface area contributed by atoms with E-state index in [1.165, 1.54) is 18.4 Å². The molecule has 0 atom stereocenters. The number of anilines is 2. The standard InChI is InChI=1S/C20H19N5O2S2/c1-3-10-25(15-8-9-16-17(11-15)29-20(28)24-16)19(22-12-21)23-14-6-4-13(5-7-14)18(26)27-2/h4-9,11H,3,10H2,1-2H3,(H,22,23)(H,24,28). The van der Waals surface area contributed by atoms with Gasteiger partial charge in [-0.1, -0.05) is 6.92 Å². The van der Waals surface area contributed by atoms with E-state index in [4.69, 9.17) is 4.74 Å². The van der Waals surface area contributed by atoms with E-state index < -0.39 is 5.97 Å². The predicted molar refractivity (Wildman–Crippen MR) is 119 cm³/mol. The van der Waals surface area contributed by atoms with Crippen LogP contribution in [0, 0.1) is 11.5 Å². The third-order valence-corrected chi connectivity index (χ3v) is 5.29. The first kappa shape index (κ1) is 20.6. The van der Waals surface area contributed by atoms with Crippen LogP contribution in [0.1, 0.15) is 23.7 Å². The van der Waals surface area contributed by atoms with Crippen molar-refractivity contribution < 1.29 is 9.53 Å². The van der Waals surface area contributed by atoms with Gasteiger partial charge in [0.05, 0.1) is 22.9 Å². The van der Waals surface area contributed by atoms with Crippen LogP contribution in [-0.4, -0.2) is 30.6 Å². The number of carbonyl (C=O) groups is 1. The van der Waals surface area contributed by atoms with Crippen molar-refractivity contribution in [3.05, 3.63) is 48.0 Å². The van der Waals surface area contributed by atoms with Crippen LogP contribution in [0.5, 0.6) is 0 Å². The molecule has 0 aliphatic rings. The van der Waals surface area contributed by atoms with E-state index in [9.17, 15) is 10.1 Å². The van der Waals surface area contributed by atoms with Gasteiger partial charge in [-0.3, -0.25) is 0 Å². The van der Waals surface area contributed by atoms with Gasteiger partial charge in [-0.2, -0.15) is 5.26 Å². The average molecular weight is 426 g/mol. The lowest BCUT2D eigenvalue weighted by Gasteiger charge is -2.26. The van der Waals surface area contributed by atoms with Crippen molar-refractivity contribution in [3.63, 3.8) is 0 Å². The Morgan fingerprint density at radius 3 is 2.76 bits per heavy atom. The number of guanidine groups is 1. The number of hydrogen-bond acceptors (Lipinski definition) is 7. The van der Waals surface area contributed by atoms with Gasteiger partial charge in [-0.15, -0.1) is 29.0 Å². The van der Waals surface area contributed by atoms with Crippen molar-refractivity contribution in [1.82, 2.24) is 4.98 Å². The molecule has 3 rings (SSSR count). The largest absolute Gasteiger partial charge is 0.465 e. The molecule has 1 aromatic heterocycles. The molecule has 0 aliphatic heterocycles. The summed E-state index contributed by atoms with van der Waals surface area (Å²) in [6.45, 7) is 2.71. The van der Waals surface area contributed by atoms with Gasteiger partial charge < -0.3 is 15.0 Å². The first-order valence-electron chi connectivity index (χ1n) is 8.85. The fraction of sp³-hybridized carbons (Fsp3) is 0.200. The van der Waals surface area contributed by atoms with Gasteiger partial charge in [0.15, 0.2) is 0 Å². The lowest BCUT2D eigenvalue weighted by atomic mass is 10.2. The van der Waals surface area contributed by atoms with E-state index >= 15 is 0 Å². The maximum absolute atomic E-state index is 11.6. The quantitative estimate of drug-likeness (QED) is 0.205. The highest BCUT2D eigenvalue weighted by Gasteiger charge is 2.16. The molecule has 29 heavy (non-hydrogen) atoms. The maximum Gasteiger partial charge on any atom is 0.337 e. The van der Waals surface area contributed by atoms with Crippen molar-refractivity contribution in [2.45, 2.75) is 17.7 Å². The molecule has 9 heteroatoms. The van der Waals surface area contributed by atoms with Crippen molar-refractivity contribution in [2.75, 3.05) is 23.9 Å². The molecule has 3 aromatic rings. The second kappa shape index (κ2) is 9.41. The fourth-order valence-electron chi connectivity index (χ4n) is 2.79. The first-order valence-corrected chi connectivity index (χ1v) is 10.1. The molecule has 0 aliphatic carbocycles. The van der Waals surface area contributed by atoms with Crippen LogP contribution in [0.2, 0.25) is 0 Å². The third-order valence-electron chi connectivity index (χ3n) is 4.09. The molecule has 0 amide bonds. The number of carbonyl (C=O) groups excluding carboxylic acids is 1. The summed E-state index contributed by atoms with van der Waals surface area (Å²) in [5, 5.41) is 12.4. The Morgan fingerprint density at radius 1 is 1.34 bits per heavy atom. The number of nitriles is 1. The Bertz CT molecular complexity index is 1090. The van der Waals surface area contributed by atoms with Crippen LogP contribution in [0.4, 0.5) is 11.4 Å².